The van der Waals surface area contributed by atoms with Gasteiger partial charge in [-0.15, -0.1) is 0 Å². The summed E-state index contributed by atoms with van der Waals surface area (Å²) in [5.74, 6) is -1.13. The minimum Gasteiger partial charge on any atom is -0.478 e. The number of hydrazone groups is 1. The van der Waals surface area contributed by atoms with Gasteiger partial charge in [0.25, 0.3) is 11.6 Å². The zero-order valence-electron chi connectivity index (χ0n) is 16.8. The number of carboxylic acids is 1. The Morgan fingerprint density at radius 1 is 1.15 bits per heavy atom. The average molecular weight is 486 g/mol. The first kappa shape index (κ1) is 22.3. The molecule has 33 heavy (non-hydrogen) atoms. The summed E-state index contributed by atoms with van der Waals surface area (Å²) in [5.41, 5.74) is 0.900. The fraction of sp³-hybridized carbons (Fsp3) is 0.0455. The summed E-state index contributed by atoms with van der Waals surface area (Å²) >= 11 is 12.1. The van der Waals surface area contributed by atoms with Crippen LogP contribution in [0.25, 0.3) is 17.4 Å². The number of benzene rings is 2. The van der Waals surface area contributed by atoms with Gasteiger partial charge in [0.15, 0.2) is 0 Å². The molecular formula is C22H13Cl2N3O6. The number of halogens is 2. The maximum Gasteiger partial charge on any atom is 0.337 e. The van der Waals surface area contributed by atoms with E-state index in [0.29, 0.717) is 17.0 Å². The molecule has 1 aliphatic heterocycles. The Morgan fingerprint density at radius 3 is 2.58 bits per heavy atom. The lowest BCUT2D eigenvalue weighted by molar-refractivity contribution is -0.384. The van der Waals surface area contributed by atoms with Gasteiger partial charge < -0.3 is 9.52 Å². The Balaban J connectivity index is 1.65. The average Bonchev–Trinajstić information content (AvgIpc) is 3.34. The van der Waals surface area contributed by atoms with Crippen molar-refractivity contribution in [2.24, 2.45) is 5.10 Å². The number of non-ortho nitro benzene ring substituents is 1. The molecule has 0 atom stereocenters. The van der Waals surface area contributed by atoms with E-state index in [4.69, 9.17) is 27.6 Å². The Hall–Kier alpha value is -3.95. The van der Waals surface area contributed by atoms with Gasteiger partial charge in [-0.05, 0) is 49.4 Å². The van der Waals surface area contributed by atoms with E-state index >= 15 is 0 Å². The molecule has 11 heteroatoms. The van der Waals surface area contributed by atoms with Crippen molar-refractivity contribution in [3.05, 3.63) is 85.6 Å². The van der Waals surface area contributed by atoms with Gasteiger partial charge >= 0.3 is 5.97 Å². The Labute approximate surface area is 196 Å². The first-order chi connectivity index (χ1) is 15.7. The Morgan fingerprint density at radius 2 is 1.88 bits per heavy atom. The lowest BCUT2D eigenvalue weighted by Gasteiger charge is -2.12. The number of hydrogen-bond donors (Lipinski definition) is 1. The van der Waals surface area contributed by atoms with Crippen LogP contribution in [0.1, 0.15) is 23.0 Å². The minimum atomic E-state index is -1.23. The highest BCUT2D eigenvalue weighted by molar-refractivity contribution is 6.34. The molecule has 0 spiro atoms. The number of hydrogen-bond acceptors (Lipinski definition) is 6. The zero-order chi connectivity index (χ0) is 23.9. The highest BCUT2D eigenvalue weighted by Crippen LogP contribution is 2.34. The smallest absolute Gasteiger partial charge is 0.337 e. The van der Waals surface area contributed by atoms with Gasteiger partial charge in [0.1, 0.15) is 11.5 Å². The van der Waals surface area contributed by atoms with E-state index in [0.717, 1.165) is 5.01 Å². The highest BCUT2D eigenvalue weighted by atomic mass is 35.5. The van der Waals surface area contributed by atoms with Crippen LogP contribution in [0, 0.1) is 10.1 Å². The number of rotatable bonds is 5. The number of amides is 1. The number of nitrogens with zero attached hydrogens (tertiary/aromatic N) is 3. The molecule has 1 aliphatic rings. The molecule has 9 nitrogen and oxygen atoms in total. The monoisotopic (exact) mass is 485 g/mol. The van der Waals surface area contributed by atoms with E-state index in [1.165, 1.54) is 42.5 Å². The van der Waals surface area contributed by atoms with Crippen molar-refractivity contribution in [3.8, 4) is 11.3 Å². The second-order valence-corrected chi connectivity index (χ2v) is 7.77. The van der Waals surface area contributed by atoms with Gasteiger partial charge in [0.2, 0.25) is 0 Å². The molecular weight excluding hydrogens is 473 g/mol. The summed E-state index contributed by atoms with van der Waals surface area (Å²) < 4.78 is 5.75. The first-order valence-corrected chi connectivity index (χ1v) is 10.1. The number of furan rings is 1. The first-order valence-electron chi connectivity index (χ1n) is 9.34. The van der Waals surface area contributed by atoms with E-state index in [9.17, 15) is 24.8 Å². The number of aromatic carboxylic acids is 1. The second-order valence-electron chi connectivity index (χ2n) is 6.95. The van der Waals surface area contributed by atoms with Crippen LogP contribution in [-0.2, 0) is 4.79 Å². The Bertz CT molecular complexity index is 1390. The highest BCUT2D eigenvalue weighted by Gasteiger charge is 2.30. The van der Waals surface area contributed by atoms with Crippen molar-refractivity contribution in [1.82, 2.24) is 0 Å². The molecule has 3 aromatic rings. The predicted octanol–water partition coefficient (Wildman–Crippen LogP) is 5.67. The van der Waals surface area contributed by atoms with Crippen LogP contribution >= 0.6 is 23.2 Å². The van der Waals surface area contributed by atoms with Crippen molar-refractivity contribution in [2.45, 2.75) is 6.92 Å². The van der Waals surface area contributed by atoms with Crippen LogP contribution in [-0.4, -0.2) is 27.6 Å². The number of carboxylic acid groups (broad SMARTS) is 1. The molecule has 2 aromatic carbocycles. The minimum absolute atomic E-state index is 0.0392. The summed E-state index contributed by atoms with van der Waals surface area (Å²) in [4.78, 5) is 34.8. The maximum absolute atomic E-state index is 13.0. The van der Waals surface area contributed by atoms with E-state index in [2.05, 4.69) is 5.10 Å². The molecule has 1 amide bonds. The molecule has 2 heterocycles. The molecule has 0 saturated heterocycles. The SMILES string of the molecule is CC1=NN(c2ccc(Cl)c(C(=O)O)c2)C(=O)C1=Cc1ccc(-c2cc([N+](=O)[O-])ccc2Cl)o1. The lowest BCUT2D eigenvalue weighted by Crippen LogP contribution is -2.21. The molecule has 1 N–H and O–H groups in total. The van der Waals surface area contributed by atoms with Crippen molar-refractivity contribution in [3.63, 3.8) is 0 Å². The van der Waals surface area contributed by atoms with Crippen molar-refractivity contribution >= 4 is 58.2 Å². The molecule has 0 unspecified atom stereocenters. The van der Waals surface area contributed by atoms with Crippen LogP contribution in [0.5, 0.6) is 0 Å². The van der Waals surface area contributed by atoms with E-state index in [-0.39, 0.29) is 38.3 Å². The molecule has 166 valence electrons. The molecule has 0 fully saturated rings. The van der Waals surface area contributed by atoms with Crippen molar-refractivity contribution < 1.29 is 24.0 Å². The van der Waals surface area contributed by atoms with Crippen LogP contribution in [0.3, 0.4) is 0 Å². The number of anilines is 1. The van der Waals surface area contributed by atoms with Gasteiger partial charge in [-0.2, -0.15) is 10.1 Å². The van der Waals surface area contributed by atoms with Gasteiger partial charge in [-0.3, -0.25) is 14.9 Å². The fourth-order valence-electron chi connectivity index (χ4n) is 3.20. The predicted molar refractivity (Wildman–Crippen MR) is 123 cm³/mol. The molecule has 0 bridgehead atoms. The molecule has 0 saturated carbocycles. The molecule has 4 rings (SSSR count). The van der Waals surface area contributed by atoms with Crippen LogP contribution in [0.2, 0.25) is 10.0 Å². The normalized spacial score (nSPS) is 14.6. The summed E-state index contributed by atoms with van der Waals surface area (Å²) in [7, 11) is 0. The van der Waals surface area contributed by atoms with Crippen molar-refractivity contribution in [1.29, 1.82) is 0 Å². The number of carbonyl (C=O) groups is 2. The maximum atomic E-state index is 13.0. The third kappa shape index (κ3) is 4.23. The van der Waals surface area contributed by atoms with E-state index < -0.39 is 16.8 Å². The van der Waals surface area contributed by atoms with Crippen LogP contribution in [0.15, 0.2) is 63.6 Å². The van der Waals surface area contributed by atoms with Crippen LogP contribution < -0.4 is 5.01 Å². The van der Waals surface area contributed by atoms with E-state index in [1.807, 2.05) is 0 Å². The molecule has 0 aliphatic carbocycles. The van der Waals surface area contributed by atoms with Gasteiger partial charge in [0.05, 0.1) is 37.5 Å². The van der Waals surface area contributed by atoms with Gasteiger partial charge in [-0.1, -0.05) is 23.2 Å². The summed E-state index contributed by atoms with van der Waals surface area (Å²) in [6.45, 7) is 1.62. The Kier molecular flexibility index (Phi) is 5.75. The number of nitro benzene ring substituents is 1. The lowest BCUT2D eigenvalue weighted by atomic mass is 10.1. The largest absolute Gasteiger partial charge is 0.478 e. The van der Waals surface area contributed by atoms with Crippen LogP contribution in [0.4, 0.5) is 11.4 Å². The molecule has 1 aromatic heterocycles. The van der Waals surface area contributed by atoms with Gasteiger partial charge in [0, 0.05) is 17.7 Å². The quantitative estimate of drug-likeness (QED) is 0.282. The summed E-state index contributed by atoms with van der Waals surface area (Å²) in [5, 5.41) is 25.9. The third-order valence-electron chi connectivity index (χ3n) is 4.83. The number of carbonyl (C=O) groups excluding carboxylic acids is 1. The second kappa shape index (κ2) is 8.53. The van der Waals surface area contributed by atoms with E-state index in [1.54, 1.807) is 19.1 Å². The zero-order valence-corrected chi connectivity index (χ0v) is 18.3. The molecule has 0 radical (unpaired) electrons. The van der Waals surface area contributed by atoms with Gasteiger partial charge in [-0.25, -0.2) is 4.79 Å². The number of nitro groups is 1. The standard InChI is InChI=1S/C22H13Cl2N3O6/c1-11-15(21(28)26(25-11)12-2-5-19(24)17(8-12)22(29)30)10-14-4-7-20(33-14)16-9-13(27(31)32)3-6-18(16)23/h2-10H,1H3,(H,29,30). The fourth-order valence-corrected chi connectivity index (χ4v) is 3.61. The summed E-state index contributed by atoms with van der Waals surface area (Å²) in [6, 6.07) is 11.3. The third-order valence-corrected chi connectivity index (χ3v) is 5.49. The van der Waals surface area contributed by atoms with Crippen molar-refractivity contribution in [2.75, 3.05) is 5.01 Å². The topological polar surface area (TPSA) is 126 Å². The summed E-state index contributed by atoms with van der Waals surface area (Å²) in [6.07, 6.45) is 1.48.